The van der Waals surface area contributed by atoms with E-state index in [1.165, 1.54) is 100 Å². The molecule has 9 aromatic rings. The minimum Gasteiger partial charge on any atom is -0.456 e. The lowest BCUT2D eigenvalue weighted by molar-refractivity contribution is 0.670. The molecule has 294 valence electrons. The highest BCUT2D eigenvalue weighted by atomic mass is 16.3. The van der Waals surface area contributed by atoms with E-state index in [0.717, 1.165) is 44.1 Å². The smallest absolute Gasteiger partial charge is 0.136 e. The molecule has 1 heterocycles. The summed E-state index contributed by atoms with van der Waals surface area (Å²) in [5, 5.41) is 6.95. The fourth-order valence-corrected chi connectivity index (χ4v) is 8.98. The van der Waals surface area contributed by atoms with Crippen LogP contribution in [0.5, 0.6) is 0 Å². The van der Waals surface area contributed by atoms with Gasteiger partial charge < -0.3 is 14.2 Å². The van der Waals surface area contributed by atoms with Gasteiger partial charge >= 0.3 is 0 Å². The van der Waals surface area contributed by atoms with Gasteiger partial charge in [-0.2, -0.15) is 0 Å². The van der Waals surface area contributed by atoms with Gasteiger partial charge in [0, 0.05) is 44.9 Å². The third-order valence-corrected chi connectivity index (χ3v) is 13.6. The zero-order valence-electron chi connectivity index (χ0n) is 36.7. The fraction of sp³-hybridized carbons (Fsp3) is 0.214. The molecule has 0 saturated carbocycles. The van der Waals surface area contributed by atoms with E-state index in [4.69, 9.17) is 4.42 Å². The van der Waals surface area contributed by atoms with E-state index >= 15 is 0 Å². The molecule has 59 heavy (non-hydrogen) atoms. The molecule has 0 fully saturated rings. The summed E-state index contributed by atoms with van der Waals surface area (Å²) < 4.78 is 6.76. The van der Waals surface area contributed by atoms with Crippen molar-refractivity contribution in [2.75, 3.05) is 9.80 Å². The molecule has 3 heteroatoms. The molecule has 3 nitrogen and oxygen atoms in total. The Morgan fingerprint density at radius 3 is 0.814 bits per heavy atom. The van der Waals surface area contributed by atoms with Gasteiger partial charge in [-0.15, -0.1) is 0 Å². The number of benzene rings is 8. The Labute approximate surface area is 349 Å². The molecule has 0 unspecified atom stereocenters. The summed E-state index contributed by atoms with van der Waals surface area (Å²) in [6, 6.07) is 41.3. The average molecular weight is 771 g/mol. The summed E-state index contributed by atoms with van der Waals surface area (Å²) in [4.78, 5) is 4.82. The van der Waals surface area contributed by atoms with Crippen LogP contribution in [0.1, 0.15) is 66.8 Å². The Balaban J connectivity index is 1.18. The SMILES string of the molecule is Cc1cc(N(c2cc(C)c(C)c(C)c2)c2ccc3cc4c(cc3c2)oc2cc3cc(N(c5cc(C)c(C)c(C)c5)c5cc(C)c(C)c(C)c5)ccc3cc24)cc(C)c1C. The van der Waals surface area contributed by atoms with Crippen LogP contribution in [-0.2, 0) is 0 Å². The lowest BCUT2D eigenvalue weighted by Gasteiger charge is -2.28. The van der Waals surface area contributed by atoms with Gasteiger partial charge in [-0.3, -0.25) is 0 Å². The highest BCUT2D eigenvalue weighted by Crippen LogP contribution is 2.43. The number of anilines is 6. The monoisotopic (exact) mass is 770 g/mol. The molecule has 0 saturated heterocycles. The minimum atomic E-state index is 0.897. The van der Waals surface area contributed by atoms with Gasteiger partial charge in [0.25, 0.3) is 0 Å². The number of aryl methyl sites for hydroxylation is 8. The van der Waals surface area contributed by atoms with Gasteiger partial charge in [0.05, 0.1) is 0 Å². The fourth-order valence-electron chi connectivity index (χ4n) is 8.98. The van der Waals surface area contributed by atoms with Gasteiger partial charge in [0.1, 0.15) is 11.2 Å². The van der Waals surface area contributed by atoms with Gasteiger partial charge in [0.15, 0.2) is 0 Å². The third kappa shape index (κ3) is 6.54. The van der Waals surface area contributed by atoms with Crippen molar-refractivity contribution in [3.05, 3.63) is 176 Å². The topological polar surface area (TPSA) is 19.6 Å². The quantitative estimate of drug-likeness (QED) is 0.168. The molecule has 0 amide bonds. The first kappa shape index (κ1) is 38.2. The zero-order valence-corrected chi connectivity index (χ0v) is 36.7. The van der Waals surface area contributed by atoms with E-state index in [1.54, 1.807) is 0 Å². The standard InChI is InChI=1S/C56H54N2O/c1-31-17-49(18-32(2)39(31)9)57(50-19-33(3)40(10)34(4)20-50)47-15-13-43-27-53-54-28-44-14-16-48(26-46(44)30-56(54)59-55(53)29-45(43)25-47)58(51-21-35(5)41(11)36(6)22-51)52-23-37(7)42(12)38(8)24-52/h13-30H,1-12H3. The van der Waals surface area contributed by atoms with Crippen molar-refractivity contribution in [2.45, 2.75) is 83.1 Å². The molecular weight excluding hydrogens is 717 g/mol. The third-order valence-electron chi connectivity index (χ3n) is 13.6. The summed E-state index contributed by atoms with van der Waals surface area (Å²) in [6.45, 7) is 26.6. The molecule has 0 aliphatic carbocycles. The average Bonchev–Trinajstić information content (AvgIpc) is 3.54. The first-order chi connectivity index (χ1) is 28.1. The van der Waals surface area contributed by atoms with Crippen LogP contribution >= 0.6 is 0 Å². The van der Waals surface area contributed by atoms with Crippen LogP contribution in [0.25, 0.3) is 43.5 Å². The van der Waals surface area contributed by atoms with E-state index in [2.05, 4.69) is 202 Å². The van der Waals surface area contributed by atoms with E-state index in [9.17, 15) is 0 Å². The molecule has 0 aliphatic rings. The molecule has 0 bridgehead atoms. The van der Waals surface area contributed by atoms with Crippen molar-refractivity contribution in [2.24, 2.45) is 0 Å². The van der Waals surface area contributed by atoms with Crippen molar-refractivity contribution in [1.82, 2.24) is 0 Å². The van der Waals surface area contributed by atoms with Crippen LogP contribution in [0.3, 0.4) is 0 Å². The van der Waals surface area contributed by atoms with Crippen molar-refractivity contribution in [3.8, 4) is 0 Å². The van der Waals surface area contributed by atoms with Crippen molar-refractivity contribution < 1.29 is 4.42 Å². The highest BCUT2D eigenvalue weighted by molar-refractivity contribution is 6.14. The normalized spacial score (nSPS) is 11.7. The number of hydrogen-bond donors (Lipinski definition) is 0. The summed E-state index contributed by atoms with van der Waals surface area (Å²) in [5.41, 5.74) is 24.4. The molecule has 1 aromatic heterocycles. The van der Waals surface area contributed by atoms with E-state index in [-0.39, 0.29) is 0 Å². The first-order valence-electron chi connectivity index (χ1n) is 20.9. The van der Waals surface area contributed by atoms with Crippen LogP contribution in [0.2, 0.25) is 0 Å². The Bertz CT molecular complexity index is 2780. The van der Waals surface area contributed by atoms with Crippen LogP contribution < -0.4 is 9.80 Å². The second-order valence-corrected chi connectivity index (χ2v) is 17.4. The maximum Gasteiger partial charge on any atom is 0.136 e. The Hall–Kier alpha value is -6.32. The van der Waals surface area contributed by atoms with Gasteiger partial charge in [-0.05, 0) is 268 Å². The summed E-state index contributed by atoms with van der Waals surface area (Å²) in [7, 11) is 0. The Morgan fingerprint density at radius 2 is 0.542 bits per heavy atom. The zero-order chi connectivity index (χ0) is 41.6. The van der Waals surface area contributed by atoms with Crippen LogP contribution in [0.4, 0.5) is 34.1 Å². The predicted octanol–water partition coefficient (Wildman–Crippen LogP) is 16.5. The molecule has 0 aliphatic heterocycles. The predicted molar refractivity (Wildman–Crippen MR) is 255 cm³/mol. The summed E-state index contributed by atoms with van der Waals surface area (Å²) in [6.07, 6.45) is 0. The van der Waals surface area contributed by atoms with Gasteiger partial charge in [-0.25, -0.2) is 0 Å². The van der Waals surface area contributed by atoms with Crippen LogP contribution in [0.15, 0.2) is 114 Å². The van der Waals surface area contributed by atoms with Gasteiger partial charge in [-0.1, -0.05) is 12.1 Å². The van der Waals surface area contributed by atoms with E-state index < -0.39 is 0 Å². The Kier molecular flexibility index (Phi) is 9.20. The highest BCUT2D eigenvalue weighted by Gasteiger charge is 2.20. The van der Waals surface area contributed by atoms with Crippen molar-refractivity contribution >= 4 is 77.6 Å². The number of nitrogens with zero attached hydrogens (tertiary/aromatic N) is 2. The van der Waals surface area contributed by atoms with Crippen molar-refractivity contribution in [3.63, 3.8) is 0 Å². The number of rotatable bonds is 6. The van der Waals surface area contributed by atoms with E-state index in [1.807, 2.05) is 0 Å². The molecule has 8 aromatic carbocycles. The molecule has 9 rings (SSSR count). The molecule has 0 atom stereocenters. The second-order valence-electron chi connectivity index (χ2n) is 17.4. The van der Waals surface area contributed by atoms with E-state index in [0.29, 0.717) is 0 Å². The Morgan fingerprint density at radius 1 is 0.271 bits per heavy atom. The molecule has 0 radical (unpaired) electrons. The second kappa shape index (κ2) is 14.2. The lowest BCUT2D eigenvalue weighted by Crippen LogP contribution is -2.12. The first-order valence-corrected chi connectivity index (χ1v) is 20.9. The number of hydrogen-bond acceptors (Lipinski definition) is 3. The summed E-state index contributed by atoms with van der Waals surface area (Å²) >= 11 is 0. The maximum absolute atomic E-state index is 6.76. The maximum atomic E-state index is 6.76. The molecule has 0 spiro atoms. The largest absolute Gasteiger partial charge is 0.456 e. The van der Waals surface area contributed by atoms with Crippen molar-refractivity contribution in [1.29, 1.82) is 0 Å². The summed E-state index contributed by atoms with van der Waals surface area (Å²) in [5.74, 6) is 0. The van der Waals surface area contributed by atoms with Crippen LogP contribution in [0, 0.1) is 83.1 Å². The van der Waals surface area contributed by atoms with Crippen LogP contribution in [-0.4, -0.2) is 0 Å². The molecule has 0 N–H and O–H groups in total. The minimum absolute atomic E-state index is 0.897. The number of furan rings is 1. The lowest BCUT2D eigenvalue weighted by atomic mass is 9.99. The number of fused-ring (bicyclic) bond motifs is 5. The molecular formula is C56H54N2O. The van der Waals surface area contributed by atoms with Gasteiger partial charge in [0.2, 0.25) is 0 Å².